The molecule has 0 heterocycles. The number of hydrogen-bond donors (Lipinski definition) is 1. The molecule has 0 aliphatic rings. The second-order valence-corrected chi connectivity index (χ2v) is 8.91. The molecule has 0 radical (unpaired) electrons. The van der Waals surface area contributed by atoms with E-state index in [9.17, 15) is 9.90 Å². The Bertz CT molecular complexity index is 539. The van der Waals surface area contributed by atoms with Crippen LogP contribution in [-0.4, -0.2) is 47.5 Å². The molecule has 0 saturated carbocycles. The first-order chi connectivity index (χ1) is 13.3. The predicted octanol–water partition coefficient (Wildman–Crippen LogP) is 4.85. The summed E-state index contributed by atoms with van der Waals surface area (Å²) in [7, 11) is 0. The molecular weight excluding hydrogens is 376 g/mol. The summed E-state index contributed by atoms with van der Waals surface area (Å²) in [6.45, 7) is 8.71. The summed E-state index contributed by atoms with van der Waals surface area (Å²) >= 11 is 1.52. The number of ether oxygens (including phenoxy) is 3. The molecule has 1 aromatic carbocycles. The lowest BCUT2D eigenvalue weighted by atomic mass is 10.2. The third kappa shape index (κ3) is 12.9. The van der Waals surface area contributed by atoms with Crippen molar-refractivity contribution in [3.05, 3.63) is 24.3 Å². The molecule has 1 rings (SSSR count). The van der Waals surface area contributed by atoms with Crippen LogP contribution in [0, 0.1) is 0 Å². The van der Waals surface area contributed by atoms with Gasteiger partial charge < -0.3 is 19.3 Å². The molecule has 5 nitrogen and oxygen atoms in total. The van der Waals surface area contributed by atoms with Gasteiger partial charge in [0.05, 0.1) is 19.1 Å². The molecule has 28 heavy (non-hydrogen) atoms. The Morgan fingerprint density at radius 1 is 1.07 bits per heavy atom. The zero-order chi connectivity index (χ0) is 20.8. The lowest BCUT2D eigenvalue weighted by Crippen LogP contribution is -2.24. The van der Waals surface area contributed by atoms with Gasteiger partial charge in [0.15, 0.2) is 0 Å². The highest BCUT2D eigenvalue weighted by Gasteiger charge is 2.16. The smallest absolute Gasteiger partial charge is 0.307 e. The summed E-state index contributed by atoms with van der Waals surface area (Å²) < 4.78 is 16.6. The minimum atomic E-state index is -0.585. The second-order valence-electron chi connectivity index (χ2n) is 7.76. The lowest BCUT2D eigenvalue weighted by molar-refractivity contribution is -0.154. The molecule has 0 amide bonds. The number of hydrogen-bond acceptors (Lipinski definition) is 6. The number of benzene rings is 1. The van der Waals surface area contributed by atoms with E-state index in [2.05, 4.69) is 6.92 Å². The maximum atomic E-state index is 11.6. The number of aliphatic hydroxyl groups is 1. The monoisotopic (exact) mass is 412 g/mol. The quantitative estimate of drug-likeness (QED) is 0.348. The second kappa shape index (κ2) is 13.7. The standard InChI is InChI=1S/C22H36O5S/c1-5-6-7-8-14-25-19-9-11-20(12-10-19)26-16-18(23)17-28-15-13-21(24)27-22(2,3)4/h9-12,18,23H,5-8,13-17H2,1-4H3. The van der Waals surface area contributed by atoms with Crippen molar-refractivity contribution in [3.63, 3.8) is 0 Å². The van der Waals surface area contributed by atoms with Crippen molar-refractivity contribution in [2.45, 2.75) is 71.5 Å². The lowest BCUT2D eigenvalue weighted by Gasteiger charge is -2.19. The number of esters is 1. The van der Waals surface area contributed by atoms with Crippen molar-refractivity contribution < 1.29 is 24.1 Å². The molecule has 1 atom stereocenters. The van der Waals surface area contributed by atoms with Crippen LogP contribution in [0.5, 0.6) is 11.5 Å². The molecule has 0 aromatic heterocycles. The number of carbonyl (C=O) groups excluding carboxylic acids is 1. The average molecular weight is 413 g/mol. The Kier molecular flexibility index (Phi) is 12.1. The van der Waals surface area contributed by atoms with Gasteiger partial charge in [-0.3, -0.25) is 4.79 Å². The zero-order valence-electron chi connectivity index (χ0n) is 17.7. The van der Waals surface area contributed by atoms with Crippen LogP contribution in [0.3, 0.4) is 0 Å². The van der Waals surface area contributed by atoms with Gasteiger partial charge in [-0.25, -0.2) is 0 Å². The first-order valence-electron chi connectivity index (χ1n) is 10.1. The molecule has 1 unspecified atom stereocenters. The molecule has 0 fully saturated rings. The van der Waals surface area contributed by atoms with E-state index in [1.54, 1.807) is 0 Å². The topological polar surface area (TPSA) is 65.0 Å². The number of thioether (sulfide) groups is 1. The van der Waals surface area contributed by atoms with E-state index < -0.39 is 11.7 Å². The maximum Gasteiger partial charge on any atom is 0.307 e. The largest absolute Gasteiger partial charge is 0.494 e. The van der Waals surface area contributed by atoms with Crippen LogP contribution in [0.15, 0.2) is 24.3 Å². The van der Waals surface area contributed by atoms with Crippen LogP contribution in [0.2, 0.25) is 0 Å². The van der Waals surface area contributed by atoms with Gasteiger partial charge >= 0.3 is 5.97 Å². The predicted molar refractivity (Wildman–Crippen MR) is 115 cm³/mol. The van der Waals surface area contributed by atoms with E-state index in [-0.39, 0.29) is 12.6 Å². The van der Waals surface area contributed by atoms with Crippen LogP contribution in [0.25, 0.3) is 0 Å². The highest BCUT2D eigenvalue weighted by atomic mass is 32.2. The van der Waals surface area contributed by atoms with Gasteiger partial charge in [-0.2, -0.15) is 11.8 Å². The third-order valence-corrected chi connectivity index (χ3v) is 4.83. The first kappa shape index (κ1) is 24.6. The van der Waals surface area contributed by atoms with Crippen LogP contribution in [0.1, 0.15) is 59.8 Å². The van der Waals surface area contributed by atoms with Gasteiger partial charge in [0, 0.05) is 11.5 Å². The summed E-state index contributed by atoms with van der Waals surface area (Å²) in [4.78, 5) is 11.6. The van der Waals surface area contributed by atoms with E-state index in [4.69, 9.17) is 14.2 Å². The summed E-state index contributed by atoms with van der Waals surface area (Å²) in [6.07, 6.45) is 4.50. The van der Waals surface area contributed by atoms with Crippen molar-refractivity contribution in [2.24, 2.45) is 0 Å². The van der Waals surface area contributed by atoms with E-state index >= 15 is 0 Å². The summed E-state index contributed by atoms with van der Waals surface area (Å²) in [5.74, 6) is 2.47. The van der Waals surface area contributed by atoms with Crippen molar-refractivity contribution in [1.29, 1.82) is 0 Å². The first-order valence-corrected chi connectivity index (χ1v) is 11.3. The number of rotatable bonds is 14. The van der Waals surface area contributed by atoms with Crippen LogP contribution in [-0.2, 0) is 9.53 Å². The molecule has 0 saturated heterocycles. The molecule has 0 aliphatic heterocycles. The zero-order valence-corrected chi connectivity index (χ0v) is 18.6. The van der Waals surface area contributed by atoms with Crippen LogP contribution >= 0.6 is 11.8 Å². The van der Waals surface area contributed by atoms with Gasteiger partial charge in [0.2, 0.25) is 0 Å². The number of unbranched alkanes of at least 4 members (excludes halogenated alkanes) is 3. The Morgan fingerprint density at radius 2 is 1.71 bits per heavy atom. The van der Waals surface area contributed by atoms with Gasteiger partial charge in [-0.1, -0.05) is 26.2 Å². The highest BCUT2D eigenvalue weighted by molar-refractivity contribution is 7.99. The molecule has 0 spiro atoms. The molecule has 1 N–H and O–H groups in total. The molecule has 6 heteroatoms. The Morgan fingerprint density at radius 3 is 2.32 bits per heavy atom. The Hall–Kier alpha value is -1.40. The van der Waals surface area contributed by atoms with E-state index in [1.165, 1.54) is 31.0 Å². The Labute approximate surface area is 174 Å². The van der Waals surface area contributed by atoms with Crippen molar-refractivity contribution in [2.75, 3.05) is 24.7 Å². The fourth-order valence-corrected chi connectivity index (χ4v) is 3.20. The van der Waals surface area contributed by atoms with Crippen molar-refractivity contribution >= 4 is 17.7 Å². The molecule has 0 aliphatic carbocycles. The van der Waals surface area contributed by atoms with Crippen LogP contribution in [0.4, 0.5) is 0 Å². The van der Waals surface area contributed by atoms with Crippen molar-refractivity contribution in [1.82, 2.24) is 0 Å². The average Bonchev–Trinajstić information content (AvgIpc) is 2.63. The van der Waals surface area contributed by atoms with Crippen molar-refractivity contribution in [3.8, 4) is 11.5 Å². The van der Waals surface area contributed by atoms with E-state index in [0.29, 0.717) is 23.7 Å². The SMILES string of the molecule is CCCCCCOc1ccc(OCC(O)CSCCC(=O)OC(C)(C)C)cc1. The minimum absolute atomic E-state index is 0.210. The number of aliphatic hydroxyl groups excluding tert-OH is 1. The third-order valence-electron chi connectivity index (χ3n) is 3.71. The number of carbonyl (C=O) groups is 1. The van der Waals surface area contributed by atoms with E-state index in [1.807, 2.05) is 45.0 Å². The van der Waals surface area contributed by atoms with Gasteiger partial charge in [-0.15, -0.1) is 0 Å². The van der Waals surface area contributed by atoms with Crippen LogP contribution < -0.4 is 9.47 Å². The van der Waals surface area contributed by atoms with Gasteiger partial charge in [-0.05, 0) is 51.5 Å². The summed E-state index contributed by atoms with van der Waals surface area (Å²) in [6, 6.07) is 7.47. The molecule has 0 bridgehead atoms. The van der Waals surface area contributed by atoms with E-state index in [0.717, 1.165) is 18.8 Å². The fraction of sp³-hybridized carbons (Fsp3) is 0.682. The minimum Gasteiger partial charge on any atom is -0.494 e. The summed E-state index contributed by atoms with van der Waals surface area (Å²) in [5, 5.41) is 10.0. The highest BCUT2D eigenvalue weighted by Crippen LogP contribution is 2.19. The Balaban J connectivity index is 2.14. The maximum absolute atomic E-state index is 11.6. The fourth-order valence-electron chi connectivity index (χ4n) is 2.36. The molecule has 1 aromatic rings. The normalized spacial score (nSPS) is 12.5. The van der Waals surface area contributed by atoms with Gasteiger partial charge in [0.1, 0.15) is 23.7 Å². The molecular formula is C22H36O5S. The summed E-state index contributed by atoms with van der Waals surface area (Å²) in [5.41, 5.74) is -0.454. The van der Waals surface area contributed by atoms with Gasteiger partial charge in [0.25, 0.3) is 0 Å². The molecule has 160 valence electrons.